The van der Waals surface area contributed by atoms with Crippen molar-refractivity contribution >= 4 is 11.7 Å². The predicted molar refractivity (Wildman–Crippen MR) is 71.2 cm³/mol. The van der Waals surface area contributed by atoms with E-state index in [9.17, 15) is 4.79 Å². The Morgan fingerprint density at radius 2 is 2.00 bits per heavy atom. The van der Waals surface area contributed by atoms with Gasteiger partial charge < -0.3 is 5.32 Å². The minimum absolute atomic E-state index is 0.159. The summed E-state index contributed by atoms with van der Waals surface area (Å²) in [7, 11) is 0. The maximum Gasteiger partial charge on any atom is 0.335 e. The number of nitrogens with one attached hydrogen (secondary N) is 2. The van der Waals surface area contributed by atoms with Gasteiger partial charge in [0.05, 0.1) is 0 Å². The van der Waals surface area contributed by atoms with E-state index in [1.807, 2.05) is 6.92 Å². The normalized spacial score (nSPS) is 17.9. The van der Waals surface area contributed by atoms with Crippen molar-refractivity contribution in [2.45, 2.75) is 71.3 Å². The second-order valence-electron chi connectivity index (χ2n) is 4.87. The van der Waals surface area contributed by atoms with E-state index < -0.39 is 0 Å². The van der Waals surface area contributed by atoms with Gasteiger partial charge in [-0.1, -0.05) is 32.6 Å². The van der Waals surface area contributed by atoms with E-state index in [0.29, 0.717) is 6.04 Å². The first-order chi connectivity index (χ1) is 8.22. The van der Waals surface area contributed by atoms with Crippen LogP contribution in [0.25, 0.3) is 0 Å². The molecule has 0 spiro atoms. The van der Waals surface area contributed by atoms with Gasteiger partial charge in [-0.05, 0) is 32.6 Å². The maximum absolute atomic E-state index is 11.6. The van der Waals surface area contributed by atoms with Crippen molar-refractivity contribution < 1.29 is 4.79 Å². The number of hydrazone groups is 1. The lowest BCUT2D eigenvalue weighted by molar-refractivity contribution is 0.233. The van der Waals surface area contributed by atoms with Crippen LogP contribution >= 0.6 is 0 Å². The third kappa shape index (κ3) is 6.29. The highest BCUT2D eigenvalue weighted by atomic mass is 16.2. The van der Waals surface area contributed by atoms with Crippen LogP contribution < -0.4 is 10.7 Å². The second-order valence-corrected chi connectivity index (χ2v) is 4.87. The van der Waals surface area contributed by atoms with Crippen LogP contribution in [0.1, 0.15) is 65.2 Å². The van der Waals surface area contributed by atoms with E-state index in [1.54, 1.807) is 0 Å². The molecule has 0 aromatic heterocycles. The Morgan fingerprint density at radius 3 is 2.65 bits per heavy atom. The minimum atomic E-state index is -0.159. The zero-order valence-electron chi connectivity index (χ0n) is 11.1. The molecule has 4 heteroatoms. The lowest BCUT2D eigenvalue weighted by Gasteiger charge is -2.22. The molecule has 0 heterocycles. The van der Waals surface area contributed by atoms with Gasteiger partial charge in [-0.25, -0.2) is 10.2 Å². The van der Waals surface area contributed by atoms with Crippen LogP contribution in [0.4, 0.5) is 4.79 Å². The number of carbonyl (C=O) groups excluding carboxylic acids is 1. The summed E-state index contributed by atoms with van der Waals surface area (Å²) in [5, 5.41) is 7.05. The Morgan fingerprint density at radius 1 is 1.29 bits per heavy atom. The number of rotatable bonds is 5. The van der Waals surface area contributed by atoms with Crippen LogP contribution in [0, 0.1) is 0 Å². The fourth-order valence-electron chi connectivity index (χ4n) is 2.10. The summed E-state index contributed by atoms with van der Waals surface area (Å²) in [6, 6.07) is 0.183. The molecule has 2 amide bonds. The molecule has 4 nitrogen and oxygen atoms in total. The SMILES string of the molecule is CCCC/C(C)=N\NC(=O)NC1CCCCC1. The Bertz CT molecular complexity index is 257. The third-order valence-corrected chi connectivity index (χ3v) is 3.18. The molecule has 0 atom stereocenters. The molecule has 1 rings (SSSR count). The van der Waals surface area contributed by atoms with E-state index >= 15 is 0 Å². The molecule has 0 aromatic rings. The van der Waals surface area contributed by atoms with Gasteiger partial charge in [0, 0.05) is 11.8 Å². The smallest absolute Gasteiger partial charge is 0.334 e. The van der Waals surface area contributed by atoms with Crippen molar-refractivity contribution in [3.63, 3.8) is 0 Å². The zero-order valence-corrected chi connectivity index (χ0v) is 11.1. The zero-order chi connectivity index (χ0) is 12.5. The topological polar surface area (TPSA) is 53.5 Å². The van der Waals surface area contributed by atoms with Gasteiger partial charge in [0.15, 0.2) is 0 Å². The monoisotopic (exact) mass is 239 g/mol. The van der Waals surface area contributed by atoms with Crippen molar-refractivity contribution in [3.8, 4) is 0 Å². The van der Waals surface area contributed by atoms with Gasteiger partial charge in [0.1, 0.15) is 0 Å². The van der Waals surface area contributed by atoms with Crippen LogP contribution in [-0.4, -0.2) is 17.8 Å². The summed E-state index contributed by atoms with van der Waals surface area (Å²) in [6.45, 7) is 4.10. The molecular weight excluding hydrogens is 214 g/mol. The highest BCUT2D eigenvalue weighted by Crippen LogP contribution is 2.17. The van der Waals surface area contributed by atoms with Crippen LogP contribution in [0.3, 0.4) is 0 Å². The number of urea groups is 1. The fraction of sp³-hybridized carbons (Fsp3) is 0.846. The first-order valence-electron chi connectivity index (χ1n) is 6.82. The molecule has 98 valence electrons. The number of nitrogens with zero attached hydrogens (tertiary/aromatic N) is 1. The molecule has 0 aromatic carbocycles. The summed E-state index contributed by atoms with van der Waals surface area (Å²) in [5.41, 5.74) is 3.57. The summed E-state index contributed by atoms with van der Waals surface area (Å²) >= 11 is 0. The molecule has 1 fully saturated rings. The molecule has 17 heavy (non-hydrogen) atoms. The first-order valence-corrected chi connectivity index (χ1v) is 6.82. The van der Waals surface area contributed by atoms with Crippen LogP contribution in [0.5, 0.6) is 0 Å². The molecule has 0 radical (unpaired) electrons. The first kappa shape index (κ1) is 14.0. The maximum atomic E-state index is 11.6. The van der Waals surface area contributed by atoms with Crippen molar-refractivity contribution in [2.75, 3.05) is 0 Å². The van der Waals surface area contributed by atoms with Gasteiger partial charge in [0.25, 0.3) is 0 Å². The Hall–Kier alpha value is -1.06. The highest BCUT2D eigenvalue weighted by Gasteiger charge is 2.14. The average molecular weight is 239 g/mol. The molecule has 1 aliphatic rings. The van der Waals surface area contributed by atoms with Crippen LogP contribution in [-0.2, 0) is 0 Å². The quantitative estimate of drug-likeness (QED) is 0.562. The number of amides is 2. The molecule has 0 aliphatic heterocycles. The Labute approximate surface area is 104 Å². The molecule has 1 aliphatic carbocycles. The fourth-order valence-corrected chi connectivity index (χ4v) is 2.10. The molecule has 2 N–H and O–H groups in total. The van der Waals surface area contributed by atoms with Crippen molar-refractivity contribution in [1.82, 2.24) is 10.7 Å². The van der Waals surface area contributed by atoms with E-state index in [1.165, 1.54) is 19.3 Å². The largest absolute Gasteiger partial charge is 0.335 e. The average Bonchev–Trinajstić information content (AvgIpc) is 2.35. The number of hydrogen-bond acceptors (Lipinski definition) is 2. The standard InChI is InChI=1S/C13H25N3O/c1-3-4-8-11(2)15-16-13(17)14-12-9-6-5-7-10-12/h12H,3-10H2,1-2H3,(H2,14,16,17)/b15-11-. The van der Waals surface area contributed by atoms with Crippen molar-refractivity contribution in [3.05, 3.63) is 0 Å². The lowest BCUT2D eigenvalue weighted by Crippen LogP contribution is -2.41. The Kier molecular flexibility index (Phi) is 6.67. The van der Waals surface area contributed by atoms with E-state index in [0.717, 1.165) is 37.8 Å². The van der Waals surface area contributed by atoms with Gasteiger partial charge in [0.2, 0.25) is 0 Å². The number of unbranched alkanes of at least 4 members (excludes halogenated alkanes) is 1. The van der Waals surface area contributed by atoms with Crippen molar-refractivity contribution in [1.29, 1.82) is 0 Å². The summed E-state index contributed by atoms with van der Waals surface area (Å²) in [4.78, 5) is 11.6. The van der Waals surface area contributed by atoms with Crippen LogP contribution in [0.15, 0.2) is 5.10 Å². The van der Waals surface area contributed by atoms with Gasteiger partial charge >= 0.3 is 6.03 Å². The summed E-state index contributed by atoms with van der Waals surface area (Å²) in [5.74, 6) is 0. The lowest BCUT2D eigenvalue weighted by atomic mass is 9.96. The number of hydrogen-bond donors (Lipinski definition) is 2. The van der Waals surface area contributed by atoms with E-state index in [-0.39, 0.29) is 6.03 Å². The van der Waals surface area contributed by atoms with Gasteiger partial charge in [-0.3, -0.25) is 0 Å². The Balaban J connectivity index is 2.19. The number of carbonyl (C=O) groups is 1. The molecule has 0 bridgehead atoms. The third-order valence-electron chi connectivity index (χ3n) is 3.18. The summed E-state index contributed by atoms with van der Waals surface area (Å²) in [6.07, 6.45) is 9.20. The van der Waals surface area contributed by atoms with Crippen LogP contribution in [0.2, 0.25) is 0 Å². The van der Waals surface area contributed by atoms with Gasteiger partial charge in [-0.2, -0.15) is 5.10 Å². The van der Waals surface area contributed by atoms with Gasteiger partial charge in [-0.15, -0.1) is 0 Å². The van der Waals surface area contributed by atoms with E-state index in [2.05, 4.69) is 22.8 Å². The second kappa shape index (κ2) is 8.09. The van der Waals surface area contributed by atoms with Crippen molar-refractivity contribution in [2.24, 2.45) is 5.10 Å². The molecule has 0 unspecified atom stereocenters. The minimum Gasteiger partial charge on any atom is -0.334 e. The molecular formula is C13H25N3O. The molecule has 0 saturated heterocycles. The van der Waals surface area contributed by atoms with E-state index in [4.69, 9.17) is 0 Å². The summed E-state index contributed by atoms with van der Waals surface area (Å²) < 4.78 is 0. The predicted octanol–water partition coefficient (Wildman–Crippen LogP) is 3.18. The highest BCUT2D eigenvalue weighted by molar-refractivity contribution is 5.83. The molecule has 1 saturated carbocycles.